The van der Waals surface area contributed by atoms with Gasteiger partial charge in [0.05, 0.1) is 0 Å². The van der Waals surface area contributed by atoms with Crippen molar-refractivity contribution in [2.75, 3.05) is 12.3 Å². The second kappa shape index (κ2) is 9.55. The van der Waals surface area contributed by atoms with Crippen LogP contribution in [0.1, 0.15) is 39.5 Å². The Morgan fingerprint density at radius 1 is 1.08 bits per heavy atom. The Balaban J connectivity index is 0. The van der Waals surface area contributed by atoms with Gasteiger partial charge in [0, 0.05) is 0 Å². The van der Waals surface area contributed by atoms with Crippen molar-refractivity contribution in [1.82, 2.24) is 0 Å². The van der Waals surface area contributed by atoms with Crippen LogP contribution in [0.25, 0.3) is 0 Å². The fourth-order valence-electron chi connectivity index (χ4n) is 0.910. The zero-order chi connectivity index (χ0) is 8.74. The smallest absolute Gasteiger partial charge is 0.746 e. The maximum absolute atomic E-state index is 5.40. The SMILES string of the molecule is CCCCP(=S)([S-])CCCC.[Na+]. The van der Waals surface area contributed by atoms with Crippen molar-refractivity contribution in [3.63, 3.8) is 0 Å². The largest absolute Gasteiger partial charge is 1.00 e. The monoisotopic (exact) mass is 232 g/mol. The van der Waals surface area contributed by atoms with Crippen LogP contribution in [0, 0.1) is 0 Å². The molecule has 0 atom stereocenters. The minimum atomic E-state index is -1.31. The van der Waals surface area contributed by atoms with Crippen LogP contribution in [-0.4, -0.2) is 12.3 Å². The van der Waals surface area contributed by atoms with E-state index in [0.29, 0.717) is 0 Å². The van der Waals surface area contributed by atoms with Crippen LogP contribution in [0.5, 0.6) is 0 Å². The van der Waals surface area contributed by atoms with Gasteiger partial charge < -0.3 is 12.2 Å². The van der Waals surface area contributed by atoms with Crippen LogP contribution >= 0.6 is 5.24 Å². The third-order valence-electron chi connectivity index (χ3n) is 1.70. The molecule has 0 aromatic heterocycles. The molecule has 0 aromatic carbocycles. The minimum absolute atomic E-state index is 0. The van der Waals surface area contributed by atoms with Crippen LogP contribution in [-0.2, 0) is 24.1 Å². The Bertz CT molecular complexity index is 127. The number of rotatable bonds is 6. The Hall–Kier alpha value is 2.00. The van der Waals surface area contributed by atoms with E-state index in [9.17, 15) is 0 Å². The van der Waals surface area contributed by atoms with Gasteiger partial charge in [-0.15, -0.1) is 11.8 Å². The van der Waals surface area contributed by atoms with E-state index in [1.807, 2.05) is 0 Å². The fourth-order valence-corrected chi connectivity index (χ4v) is 4.28. The van der Waals surface area contributed by atoms with Gasteiger partial charge in [0.25, 0.3) is 0 Å². The van der Waals surface area contributed by atoms with E-state index in [-0.39, 0.29) is 29.6 Å². The molecule has 0 saturated carbocycles. The van der Waals surface area contributed by atoms with E-state index in [0.717, 1.165) is 12.3 Å². The molecule has 0 aromatic rings. The summed E-state index contributed by atoms with van der Waals surface area (Å²) in [6.07, 6.45) is 7.25. The van der Waals surface area contributed by atoms with Gasteiger partial charge in [-0.1, -0.05) is 39.5 Å². The van der Waals surface area contributed by atoms with Gasteiger partial charge in [-0.2, -0.15) is 5.24 Å². The zero-order valence-corrected chi connectivity index (χ0v) is 13.0. The quantitative estimate of drug-likeness (QED) is 0.372. The first-order valence-electron chi connectivity index (χ1n) is 4.41. The van der Waals surface area contributed by atoms with Crippen molar-refractivity contribution in [3.8, 4) is 0 Å². The molecule has 4 heteroatoms. The van der Waals surface area contributed by atoms with Gasteiger partial charge in [0.15, 0.2) is 0 Å². The van der Waals surface area contributed by atoms with Gasteiger partial charge in [0.2, 0.25) is 0 Å². The Morgan fingerprint density at radius 2 is 1.42 bits per heavy atom. The van der Waals surface area contributed by atoms with Gasteiger partial charge in [-0.25, -0.2) is 0 Å². The predicted molar refractivity (Wildman–Crippen MR) is 61.2 cm³/mol. The summed E-state index contributed by atoms with van der Waals surface area (Å²) in [7, 11) is 0. The number of hydrogen-bond acceptors (Lipinski definition) is 2. The van der Waals surface area contributed by atoms with Crippen LogP contribution in [0.15, 0.2) is 0 Å². The molecule has 0 aliphatic rings. The number of unbranched alkanes of at least 4 members (excludes halogenated alkanes) is 2. The molecule has 0 nitrogen and oxygen atoms in total. The fraction of sp³-hybridized carbons (Fsp3) is 1.00. The summed E-state index contributed by atoms with van der Waals surface area (Å²) in [4.78, 5) is 0. The molecule has 0 N–H and O–H groups in total. The second-order valence-electron chi connectivity index (χ2n) is 2.97. The molecule has 0 unspecified atom stereocenters. The van der Waals surface area contributed by atoms with Gasteiger partial charge in [-0.3, -0.25) is 0 Å². The Morgan fingerprint density at radius 3 is 1.67 bits per heavy atom. The van der Waals surface area contributed by atoms with Crippen molar-refractivity contribution >= 4 is 29.3 Å². The van der Waals surface area contributed by atoms with Gasteiger partial charge in [0.1, 0.15) is 0 Å². The summed E-state index contributed by atoms with van der Waals surface area (Å²) in [5.41, 5.74) is 0. The molecule has 0 bridgehead atoms. The van der Waals surface area contributed by atoms with E-state index in [4.69, 9.17) is 24.1 Å². The molecule has 0 aliphatic heterocycles. The van der Waals surface area contributed by atoms with Crippen molar-refractivity contribution in [2.24, 2.45) is 0 Å². The molecule has 0 fully saturated rings. The molecule has 0 aliphatic carbocycles. The van der Waals surface area contributed by atoms with E-state index >= 15 is 0 Å². The third kappa shape index (κ3) is 10.1. The van der Waals surface area contributed by atoms with Crippen LogP contribution in [0.4, 0.5) is 0 Å². The molecular formula is C8H18NaPS2. The molecule has 0 spiro atoms. The first-order chi connectivity index (χ1) is 5.12. The Kier molecular flexibility index (Phi) is 13.1. The molecule has 0 radical (unpaired) electrons. The molecule has 0 saturated heterocycles. The summed E-state index contributed by atoms with van der Waals surface area (Å²) < 4.78 is 0. The summed E-state index contributed by atoms with van der Waals surface area (Å²) in [6, 6.07) is 0. The van der Waals surface area contributed by atoms with Crippen molar-refractivity contribution in [3.05, 3.63) is 0 Å². The minimum Gasteiger partial charge on any atom is -0.746 e. The number of hydrogen-bond donors (Lipinski definition) is 0. The molecule has 0 amide bonds. The molecule has 68 valence electrons. The first kappa shape index (κ1) is 16.4. The molecule has 12 heavy (non-hydrogen) atoms. The topological polar surface area (TPSA) is 0 Å². The normalized spacial score (nSPS) is 10.9. The van der Waals surface area contributed by atoms with E-state index < -0.39 is 5.24 Å². The van der Waals surface area contributed by atoms with E-state index in [1.165, 1.54) is 25.7 Å². The maximum atomic E-state index is 5.40. The summed E-state index contributed by atoms with van der Waals surface area (Å²) in [5, 5.41) is -1.31. The summed E-state index contributed by atoms with van der Waals surface area (Å²) >= 11 is 10.8. The van der Waals surface area contributed by atoms with Crippen molar-refractivity contribution in [1.29, 1.82) is 0 Å². The zero-order valence-electron chi connectivity index (χ0n) is 8.51. The van der Waals surface area contributed by atoms with Gasteiger partial charge >= 0.3 is 29.6 Å². The standard InChI is InChI=1S/C8H19PS2.Na/c1-3-5-7-9(10,11)8-6-4-2;/h3-8H2,1-2H3,(H,10,11);/q;+1/p-1. The van der Waals surface area contributed by atoms with Crippen LogP contribution < -0.4 is 29.6 Å². The van der Waals surface area contributed by atoms with E-state index in [2.05, 4.69) is 13.8 Å². The molecular weight excluding hydrogens is 214 g/mol. The van der Waals surface area contributed by atoms with Crippen molar-refractivity contribution < 1.29 is 29.6 Å². The second-order valence-corrected chi connectivity index (χ2v) is 10.4. The maximum Gasteiger partial charge on any atom is 1.00 e. The van der Waals surface area contributed by atoms with Crippen molar-refractivity contribution in [2.45, 2.75) is 39.5 Å². The van der Waals surface area contributed by atoms with Crippen LogP contribution in [0.2, 0.25) is 0 Å². The Labute approximate surface area is 110 Å². The van der Waals surface area contributed by atoms with Crippen LogP contribution in [0.3, 0.4) is 0 Å². The average Bonchev–Trinajstić information content (AvgIpc) is 1.97. The molecule has 0 rings (SSSR count). The van der Waals surface area contributed by atoms with Gasteiger partial charge in [-0.05, 0) is 12.3 Å². The summed E-state index contributed by atoms with van der Waals surface area (Å²) in [5.74, 6) is 0. The summed E-state index contributed by atoms with van der Waals surface area (Å²) in [6.45, 7) is 4.40. The predicted octanol–water partition coefficient (Wildman–Crippen LogP) is 0.532. The molecule has 0 heterocycles. The average molecular weight is 232 g/mol. The third-order valence-corrected chi connectivity index (χ3v) is 5.89. The first-order valence-corrected chi connectivity index (χ1v) is 8.60. The van der Waals surface area contributed by atoms with E-state index in [1.54, 1.807) is 0 Å².